The van der Waals surface area contributed by atoms with Gasteiger partial charge in [0.25, 0.3) is 11.3 Å². The Hall–Kier alpha value is -1.17. The Labute approximate surface area is 111 Å². The van der Waals surface area contributed by atoms with Crippen molar-refractivity contribution in [2.75, 3.05) is 0 Å². The Morgan fingerprint density at radius 1 is 1.29 bits per heavy atom. The zero-order valence-electron chi connectivity index (χ0n) is 8.61. The second kappa shape index (κ2) is 5.00. The molecular formula is C10H6Cl2N2O2S. The minimum atomic E-state index is -0.528. The fourth-order valence-electron chi connectivity index (χ4n) is 1.16. The van der Waals surface area contributed by atoms with Crippen LogP contribution in [0, 0.1) is 6.92 Å². The predicted molar refractivity (Wildman–Crippen MR) is 67.5 cm³/mol. The summed E-state index contributed by atoms with van der Waals surface area (Å²) in [6, 6.07) is 5.06. The lowest BCUT2D eigenvalue weighted by atomic mass is 10.2. The summed E-state index contributed by atoms with van der Waals surface area (Å²) in [7, 11) is 0. The van der Waals surface area contributed by atoms with Crippen LogP contribution in [0.25, 0.3) is 0 Å². The van der Waals surface area contributed by atoms with E-state index < -0.39 is 5.43 Å². The molecule has 1 aromatic carbocycles. The molecule has 0 N–H and O–H groups in total. The minimum absolute atomic E-state index is 0.0829. The average Bonchev–Trinajstić information content (AvgIpc) is 2.28. The number of nitrogens with zero attached hydrogens (tertiary/aromatic N) is 2. The Morgan fingerprint density at radius 2 is 2.06 bits per heavy atom. The van der Waals surface area contributed by atoms with Gasteiger partial charge in [-0.3, -0.25) is 4.79 Å². The van der Waals surface area contributed by atoms with Gasteiger partial charge in [0.1, 0.15) is 5.75 Å². The van der Waals surface area contributed by atoms with Gasteiger partial charge in [0.2, 0.25) is 0 Å². The number of hydrogen-bond acceptors (Lipinski definition) is 5. The van der Waals surface area contributed by atoms with Crippen molar-refractivity contribution in [2.45, 2.75) is 6.92 Å². The smallest absolute Gasteiger partial charge is 0.283 e. The van der Waals surface area contributed by atoms with Crippen LogP contribution in [-0.4, -0.2) is 8.75 Å². The molecule has 1 heterocycles. The third-order valence-corrected chi connectivity index (χ3v) is 3.07. The van der Waals surface area contributed by atoms with Crippen molar-refractivity contribution < 1.29 is 4.74 Å². The van der Waals surface area contributed by atoms with Crippen molar-refractivity contribution in [3.63, 3.8) is 0 Å². The van der Waals surface area contributed by atoms with Crippen LogP contribution in [0.2, 0.25) is 10.2 Å². The van der Waals surface area contributed by atoms with Crippen LogP contribution in [0.4, 0.5) is 0 Å². The molecule has 88 valence electrons. The van der Waals surface area contributed by atoms with Gasteiger partial charge in [-0.2, -0.15) is 4.37 Å². The van der Waals surface area contributed by atoms with E-state index in [0.29, 0.717) is 10.8 Å². The fourth-order valence-corrected chi connectivity index (χ4v) is 1.95. The minimum Gasteiger partial charge on any atom is -0.435 e. The highest BCUT2D eigenvalue weighted by Gasteiger charge is 2.10. The van der Waals surface area contributed by atoms with E-state index in [2.05, 4.69) is 8.75 Å². The molecule has 0 spiro atoms. The van der Waals surface area contributed by atoms with Gasteiger partial charge in [0, 0.05) is 5.02 Å². The van der Waals surface area contributed by atoms with Gasteiger partial charge in [-0.05, 0) is 30.7 Å². The van der Waals surface area contributed by atoms with E-state index in [1.807, 2.05) is 6.92 Å². The Bertz CT molecular complexity index is 615. The van der Waals surface area contributed by atoms with Gasteiger partial charge in [-0.25, -0.2) is 0 Å². The molecule has 0 aliphatic rings. The molecule has 0 unspecified atom stereocenters. The van der Waals surface area contributed by atoms with E-state index in [1.165, 1.54) is 0 Å². The van der Waals surface area contributed by atoms with Crippen LogP contribution in [-0.2, 0) is 0 Å². The SMILES string of the molecule is Cc1cc(Cl)ccc1Oc1nsnc(Cl)c1=O. The van der Waals surface area contributed by atoms with Crippen molar-refractivity contribution in [3.8, 4) is 11.6 Å². The van der Waals surface area contributed by atoms with Crippen LogP contribution < -0.4 is 10.2 Å². The number of benzene rings is 1. The maximum atomic E-state index is 11.5. The quantitative estimate of drug-likeness (QED) is 0.851. The first-order chi connectivity index (χ1) is 8.08. The van der Waals surface area contributed by atoms with Crippen molar-refractivity contribution in [2.24, 2.45) is 0 Å². The lowest BCUT2D eigenvalue weighted by Crippen LogP contribution is -2.07. The number of aromatic nitrogens is 2. The van der Waals surface area contributed by atoms with Crippen LogP contribution in [0.5, 0.6) is 11.6 Å². The third kappa shape index (κ3) is 2.74. The standard InChI is InChI=1S/C10H6Cl2N2O2S/c1-5-4-6(11)2-3-7(5)16-10-8(15)9(12)13-17-14-10/h2-4H,1H3. The summed E-state index contributed by atoms with van der Waals surface area (Å²) in [5.74, 6) is 0.425. The first-order valence-electron chi connectivity index (χ1n) is 4.54. The third-order valence-electron chi connectivity index (χ3n) is 1.97. The summed E-state index contributed by atoms with van der Waals surface area (Å²) in [6.07, 6.45) is 0. The van der Waals surface area contributed by atoms with Crippen molar-refractivity contribution in [1.82, 2.24) is 8.75 Å². The summed E-state index contributed by atoms with van der Waals surface area (Å²) < 4.78 is 12.8. The van der Waals surface area contributed by atoms with Crippen LogP contribution in [0.15, 0.2) is 23.0 Å². The zero-order valence-corrected chi connectivity index (χ0v) is 10.9. The number of halogens is 2. The molecule has 0 radical (unpaired) electrons. The molecule has 0 fully saturated rings. The van der Waals surface area contributed by atoms with E-state index in [-0.39, 0.29) is 11.0 Å². The number of ether oxygens (including phenoxy) is 1. The van der Waals surface area contributed by atoms with Gasteiger partial charge >= 0.3 is 0 Å². The van der Waals surface area contributed by atoms with E-state index in [0.717, 1.165) is 17.3 Å². The maximum absolute atomic E-state index is 11.5. The molecule has 0 atom stereocenters. The van der Waals surface area contributed by atoms with Gasteiger partial charge in [0.15, 0.2) is 5.15 Å². The molecule has 7 heteroatoms. The van der Waals surface area contributed by atoms with Crippen LogP contribution >= 0.6 is 34.9 Å². The maximum Gasteiger partial charge on any atom is 0.283 e. The van der Waals surface area contributed by atoms with Crippen molar-refractivity contribution in [3.05, 3.63) is 44.2 Å². The van der Waals surface area contributed by atoms with Gasteiger partial charge in [0.05, 0.1) is 11.7 Å². The molecule has 2 aromatic rings. The molecule has 0 amide bonds. The zero-order chi connectivity index (χ0) is 12.4. The van der Waals surface area contributed by atoms with E-state index in [1.54, 1.807) is 18.2 Å². The molecule has 0 aliphatic heterocycles. The summed E-state index contributed by atoms with van der Waals surface area (Å²) in [4.78, 5) is 11.5. The highest BCUT2D eigenvalue weighted by atomic mass is 35.5. The van der Waals surface area contributed by atoms with E-state index in [9.17, 15) is 4.79 Å². The molecule has 0 saturated heterocycles. The Kier molecular flexibility index (Phi) is 3.61. The molecule has 4 nitrogen and oxygen atoms in total. The molecule has 0 bridgehead atoms. The molecule has 17 heavy (non-hydrogen) atoms. The van der Waals surface area contributed by atoms with Gasteiger partial charge in [-0.15, -0.1) is 4.37 Å². The first-order valence-corrected chi connectivity index (χ1v) is 6.03. The highest BCUT2D eigenvalue weighted by Crippen LogP contribution is 2.25. The predicted octanol–water partition coefficient (Wildman–Crippen LogP) is 3.31. The Morgan fingerprint density at radius 3 is 2.76 bits per heavy atom. The molecule has 0 aliphatic carbocycles. The van der Waals surface area contributed by atoms with Crippen molar-refractivity contribution in [1.29, 1.82) is 0 Å². The molecule has 0 saturated carbocycles. The van der Waals surface area contributed by atoms with Gasteiger partial charge in [-0.1, -0.05) is 23.2 Å². The monoisotopic (exact) mass is 288 g/mol. The van der Waals surface area contributed by atoms with E-state index in [4.69, 9.17) is 27.9 Å². The average molecular weight is 289 g/mol. The highest BCUT2D eigenvalue weighted by molar-refractivity contribution is 6.99. The number of rotatable bonds is 2. The molecule has 2 rings (SSSR count). The second-order valence-electron chi connectivity index (χ2n) is 3.20. The first kappa shape index (κ1) is 12.3. The molecule has 1 aromatic heterocycles. The number of aryl methyl sites for hydroxylation is 1. The van der Waals surface area contributed by atoms with Gasteiger partial charge < -0.3 is 4.74 Å². The van der Waals surface area contributed by atoms with E-state index >= 15 is 0 Å². The summed E-state index contributed by atoms with van der Waals surface area (Å²) >= 11 is 12.2. The fraction of sp³-hybridized carbons (Fsp3) is 0.100. The van der Waals surface area contributed by atoms with Crippen LogP contribution in [0.1, 0.15) is 5.56 Å². The second-order valence-corrected chi connectivity index (χ2v) is 4.52. The van der Waals surface area contributed by atoms with Crippen LogP contribution in [0.3, 0.4) is 0 Å². The lowest BCUT2D eigenvalue weighted by molar-refractivity contribution is 0.458. The Balaban J connectivity index is 2.38. The molecular weight excluding hydrogens is 283 g/mol. The largest absolute Gasteiger partial charge is 0.435 e. The topological polar surface area (TPSA) is 52.1 Å². The summed E-state index contributed by atoms with van der Waals surface area (Å²) in [5, 5.41) is 0.451. The normalized spacial score (nSPS) is 10.3. The lowest BCUT2D eigenvalue weighted by Gasteiger charge is -2.06. The number of hydrogen-bond donors (Lipinski definition) is 0. The summed E-state index contributed by atoms with van der Waals surface area (Å²) in [6.45, 7) is 1.82. The summed E-state index contributed by atoms with van der Waals surface area (Å²) in [5.41, 5.74) is 0.274. The van der Waals surface area contributed by atoms with Crippen molar-refractivity contribution >= 4 is 34.9 Å².